The smallest absolute Gasteiger partial charge is 0.171 e. The molecule has 1 aromatic rings. The molecule has 0 aliphatic heterocycles. The average molecular weight is 342 g/mol. The summed E-state index contributed by atoms with van der Waals surface area (Å²) in [7, 11) is 0. The highest BCUT2D eigenvalue weighted by Gasteiger charge is 2.28. The van der Waals surface area contributed by atoms with Crippen LogP contribution in [0.5, 0.6) is 0 Å². The molecule has 7 heteroatoms. The number of hydrogen-bond acceptors (Lipinski definition) is 1. The summed E-state index contributed by atoms with van der Waals surface area (Å²) in [5.41, 5.74) is 0. The maximum atomic E-state index is 11.9. The fourth-order valence-corrected chi connectivity index (χ4v) is 3.00. The molecule has 15 heavy (non-hydrogen) atoms. The van der Waals surface area contributed by atoms with Crippen LogP contribution in [0.15, 0.2) is 10.5 Å². The van der Waals surface area contributed by atoms with E-state index in [1.165, 1.54) is 11.3 Å². The molecule has 0 saturated carbocycles. The Bertz CT molecular complexity index is 318. The largest absolute Gasteiger partial charge is 0.389 e. The van der Waals surface area contributed by atoms with E-state index in [0.717, 1.165) is 0 Å². The van der Waals surface area contributed by atoms with Gasteiger partial charge in [0.2, 0.25) is 0 Å². The van der Waals surface area contributed by atoms with Crippen molar-refractivity contribution in [3.8, 4) is 0 Å². The van der Waals surface area contributed by atoms with E-state index in [1.807, 2.05) is 0 Å². The molecule has 1 aromatic heterocycles. The van der Waals surface area contributed by atoms with Crippen LogP contribution in [0, 0.1) is 0 Å². The lowest BCUT2D eigenvalue weighted by Crippen LogP contribution is -2.07. The molecule has 0 amide bonds. The van der Waals surface area contributed by atoms with Crippen LogP contribution in [0.2, 0.25) is 4.34 Å². The van der Waals surface area contributed by atoms with Gasteiger partial charge in [0.15, 0.2) is 0 Å². The minimum atomic E-state index is -4.16. The van der Waals surface area contributed by atoms with Gasteiger partial charge >= 0.3 is 6.18 Å². The van der Waals surface area contributed by atoms with Crippen LogP contribution in [0.3, 0.4) is 0 Å². The molecule has 0 spiro atoms. The van der Waals surface area contributed by atoms with Crippen molar-refractivity contribution in [2.75, 3.05) is 0 Å². The van der Waals surface area contributed by atoms with Crippen LogP contribution in [0.1, 0.15) is 23.1 Å². The third-order valence-corrected chi connectivity index (χ3v) is 4.83. The number of hydrogen-bond donors (Lipinski definition) is 0. The van der Waals surface area contributed by atoms with Crippen LogP contribution in [0.25, 0.3) is 0 Å². The Hall–Kier alpha value is 0.550. The SMILES string of the molecule is FC(F)(F)CCC(Cl)c1cc(Br)c(Cl)s1. The van der Waals surface area contributed by atoms with Crippen molar-refractivity contribution in [2.45, 2.75) is 24.4 Å². The third kappa shape index (κ3) is 4.51. The second-order valence-corrected chi connectivity index (χ2v) is 5.96. The van der Waals surface area contributed by atoms with Crippen molar-refractivity contribution in [2.24, 2.45) is 0 Å². The van der Waals surface area contributed by atoms with Crippen LogP contribution in [-0.4, -0.2) is 6.18 Å². The Balaban J connectivity index is 2.58. The fourth-order valence-electron chi connectivity index (χ4n) is 0.950. The van der Waals surface area contributed by atoms with Gasteiger partial charge in [0.25, 0.3) is 0 Å². The first-order valence-corrected chi connectivity index (χ1v) is 6.37. The average Bonchev–Trinajstić information content (AvgIpc) is 2.42. The molecular formula is C8H6BrCl2F3S. The minimum Gasteiger partial charge on any atom is -0.171 e. The van der Waals surface area contributed by atoms with Gasteiger partial charge in [0.1, 0.15) is 4.34 Å². The lowest BCUT2D eigenvalue weighted by Gasteiger charge is -2.09. The first-order valence-electron chi connectivity index (χ1n) is 3.95. The molecule has 0 fully saturated rings. The molecule has 0 aliphatic rings. The van der Waals surface area contributed by atoms with Crippen LogP contribution >= 0.6 is 50.5 Å². The van der Waals surface area contributed by atoms with E-state index in [-0.39, 0.29) is 6.42 Å². The van der Waals surface area contributed by atoms with Gasteiger partial charge in [-0.1, -0.05) is 11.6 Å². The zero-order valence-corrected chi connectivity index (χ0v) is 11.2. The Morgan fingerprint density at radius 2 is 2.07 bits per heavy atom. The van der Waals surface area contributed by atoms with Gasteiger partial charge in [0.05, 0.1) is 5.38 Å². The highest BCUT2D eigenvalue weighted by Crippen LogP contribution is 2.40. The summed E-state index contributed by atoms with van der Waals surface area (Å²) in [6, 6.07) is 1.65. The predicted molar refractivity (Wildman–Crippen MR) is 60.9 cm³/mol. The topological polar surface area (TPSA) is 0 Å². The van der Waals surface area contributed by atoms with Crippen LogP contribution < -0.4 is 0 Å². The molecule has 1 heterocycles. The van der Waals surface area contributed by atoms with Gasteiger partial charge in [-0.15, -0.1) is 22.9 Å². The number of rotatable bonds is 3. The van der Waals surface area contributed by atoms with E-state index < -0.39 is 18.0 Å². The predicted octanol–water partition coefficient (Wildman–Crippen LogP) is 5.79. The molecule has 0 aromatic carbocycles. The Labute approximate surface area is 108 Å². The minimum absolute atomic E-state index is 0.131. The van der Waals surface area contributed by atoms with Crippen LogP contribution in [0.4, 0.5) is 13.2 Å². The van der Waals surface area contributed by atoms with E-state index in [9.17, 15) is 13.2 Å². The summed E-state index contributed by atoms with van der Waals surface area (Å²) in [5.74, 6) is 0. The summed E-state index contributed by atoms with van der Waals surface area (Å²) >= 11 is 15.9. The van der Waals surface area contributed by atoms with E-state index in [4.69, 9.17) is 23.2 Å². The molecule has 1 rings (SSSR count). The standard InChI is InChI=1S/C8H6BrCl2F3S/c9-4-3-6(15-7(4)11)5(10)1-2-8(12,13)14/h3,5H,1-2H2. The molecule has 0 aliphatic carbocycles. The third-order valence-electron chi connectivity index (χ3n) is 1.65. The molecule has 86 valence electrons. The molecule has 0 N–H and O–H groups in total. The molecule has 1 unspecified atom stereocenters. The molecule has 0 radical (unpaired) electrons. The van der Waals surface area contributed by atoms with Gasteiger partial charge in [-0.05, 0) is 28.4 Å². The van der Waals surface area contributed by atoms with Crippen molar-refractivity contribution < 1.29 is 13.2 Å². The van der Waals surface area contributed by atoms with E-state index >= 15 is 0 Å². The normalized spacial score (nSPS) is 14.3. The van der Waals surface area contributed by atoms with Gasteiger partial charge in [-0.3, -0.25) is 0 Å². The Morgan fingerprint density at radius 1 is 1.47 bits per heavy atom. The van der Waals surface area contributed by atoms with E-state index in [1.54, 1.807) is 6.07 Å². The first kappa shape index (κ1) is 13.6. The summed E-state index contributed by atoms with van der Waals surface area (Å²) in [4.78, 5) is 0.651. The van der Waals surface area contributed by atoms with Gasteiger partial charge in [-0.25, -0.2) is 0 Å². The lowest BCUT2D eigenvalue weighted by atomic mass is 10.2. The zero-order chi connectivity index (χ0) is 11.6. The van der Waals surface area contributed by atoms with Gasteiger partial charge in [-0.2, -0.15) is 13.2 Å². The quantitative estimate of drug-likeness (QED) is 0.611. The van der Waals surface area contributed by atoms with Gasteiger partial charge < -0.3 is 0 Å². The summed E-state index contributed by atoms with van der Waals surface area (Å²) in [5, 5.41) is -0.638. The monoisotopic (exact) mass is 340 g/mol. The maximum absolute atomic E-state index is 11.9. The Morgan fingerprint density at radius 3 is 2.47 bits per heavy atom. The lowest BCUT2D eigenvalue weighted by molar-refractivity contribution is -0.135. The van der Waals surface area contributed by atoms with Crippen molar-refractivity contribution in [3.05, 3.63) is 19.8 Å². The second kappa shape index (κ2) is 5.25. The summed E-state index contributed by atoms with van der Waals surface area (Å²) < 4.78 is 36.9. The number of alkyl halides is 4. The fraction of sp³-hybridized carbons (Fsp3) is 0.500. The summed E-state index contributed by atoms with van der Waals surface area (Å²) in [6.07, 6.45) is -5.17. The van der Waals surface area contributed by atoms with Crippen molar-refractivity contribution in [1.82, 2.24) is 0 Å². The number of thiophene rings is 1. The Kier molecular flexibility index (Phi) is 4.77. The summed E-state index contributed by atoms with van der Waals surface area (Å²) in [6.45, 7) is 0. The number of halogens is 6. The molecule has 0 bridgehead atoms. The second-order valence-electron chi connectivity index (χ2n) is 2.89. The maximum Gasteiger partial charge on any atom is 0.389 e. The van der Waals surface area contributed by atoms with Gasteiger partial charge in [0, 0.05) is 15.8 Å². The molecule has 1 atom stereocenters. The van der Waals surface area contributed by atoms with E-state index in [0.29, 0.717) is 13.7 Å². The van der Waals surface area contributed by atoms with E-state index in [2.05, 4.69) is 15.9 Å². The highest BCUT2D eigenvalue weighted by atomic mass is 79.9. The van der Waals surface area contributed by atoms with Crippen molar-refractivity contribution in [3.63, 3.8) is 0 Å². The molecule has 0 nitrogen and oxygen atoms in total. The highest BCUT2D eigenvalue weighted by molar-refractivity contribution is 9.10. The van der Waals surface area contributed by atoms with Crippen molar-refractivity contribution >= 4 is 50.5 Å². The first-order chi connectivity index (χ1) is 6.79. The molecular weight excluding hydrogens is 336 g/mol. The van der Waals surface area contributed by atoms with Crippen molar-refractivity contribution in [1.29, 1.82) is 0 Å². The zero-order valence-electron chi connectivity index (χ0n) is 7.24. The molecule has 0 saturated heterocycles. The van der Waals surface area contributed by atoms with Crippen LogP contribution in [-0.2, 0) is 0 Å².